The van der Waals surface area contributed by atoms with E-state index < -0.39 is 5.82 Å². The number of nitrogens with one attached hydrogen (secondary N) is 3. The molecule has 0 bridgehead atoms. The normalized spacial score (nSPS) is 10.4. The highest BCUT2D eigenvalue weighted by atomic mass is 19.1. The Morgan fingerprint density at radius 2 is 1.74 bits per heavy atom. The van der Waals surface area contributed by atoms with Crippen LogP contribution >= 0.6 is 0 Å². The van der Waals surface area contributed by atoms with Crippen LogP contribution in [-0.4, -0.2) is 28.6 Å². The average molecular weight is 366 g/mol. The summed E-state index contributed by atoms with van der Waals surface area (Å²) in [5, 5.41) is 12.4. The molecule has 1 heterocycles. The number of hydrogen-bond acceptors (Lipinski definition) is 3. The van der Waals surface area contributed by atoms with Crippen LogP contribution in [0, 0.1) is 5.82 Å². The molecular formula is C20H19FN4O2. The lowest BCUT2D eigenvalue weighted by Crippen LogP contribution is -2.30. The Hall–Kier alpha value is -3.48. The standard InChI is InChI=1S/C20H19FN4O2/c21-17-8-6-15(7-9-17)20(27)22-11-10-18(26)23-12-16-13-24-25-19(16)14-4-2-1-3-5-14/h1-9,13H,10-12H2,(H,22,27)(H,23,26)(H,24,25). The van der Waals surface area contributed by atoms with Crippen molar-refractivity contribution in [2.75, 3.05) is 6.54 Å². The smallest absolute Gasteiger partial charge is 0.251 e. The van der Waals surface area contributed by atoms with Gasteiger partial charge in [0.2, 0.25) is 5.91 Å². The molecule has 0 aliphatic carbocycles. The van der Waals surface area contributed by atoms with Gasteiger partial charge in [-0.25, -0.2) is 4.39 Å². The minimum atomic E-state index is -0.403. The van der Waals surface area contributed by atoms with Crippen LogP contribution in [0.2, 0.25) is 0 Å². The molecule has 0 saturated heterocycles. The summed E-state index contributed by atoms with van der Waals surface area (Å²) >= 11 is 0. The third kappa shape index (κ3) is 5.01. The summed E-state index contributed by atoms with van der Waals surface area (Å²) in [5.74, 6) is -0.932. The van der Waals surface area contributed by atoms with Crippen molar-refractivity contribution in [2.45, 2.75) is 13.0 Å². The fraction of sp³-hybridized carbons (Fsp3) is 0.150. The number of carbonyl (C=O) groups excluding carboxylic acids is 2. The van der Waals surface area contributed by atoms with E-state index in [-0.39, 0.29) is 24.8 Å². The monoisotopic (exact) mass is 366 g/mol. The summed E-state index contributed by atoms with van der Waals surface area (Å²) in [6, 6.07) is 15.0. The molecule has 27 heavy (non-hydrogen) atoms. The van der Waals surface area contributed by atoms with Crippen molar-refractivity contribution in [1.29, 1.82) is 0 Å². The fourth-order valence-electron chi connectivity index (χ4n) is 2.57. The zero-order valence-electron chi connectivity index (χ0n) is 14.5. The van der Waals surface area contributed by atoms with Gasteiger partial charge in [-0.05, 0) is 29.8 Å². The van der Waals surface area contributed by atoms with Gasteiger partial charge in [0.05, 0.1) is 11.9 Å². The fourth-order valence-corrected chi connectivity index (χ4v) is 2.57. The highest BCUT2D eigenvalue weighted by Gasteiger charge is 2.10. The quantitative estimate of drug-likeness (QED) is 0.601. The zero-order chi connectivity index (χ0) is 19.1. The first kappa shape index (κ1) is 18.3. The predicted molar refractivity (Wildman–Crippen MR) is 99.2 cm³/mol. The van der Waals surface area contributed by atoms with Crippen LogP contribution in [0.3, 0.4) is 0 Å². The van der Waals surface area contributed by atoms with Crippen molar-refractivity contribution in [3.05, 3.63) is 77.7 Å². The maximum absolute atomic E-state index is 12.9. The van der Waals surface area contributed by atoms with Crippen LogP contribution in [0.1, 0.15) is 22.3 Å². The number of amides is 2. The Morgan fingerprint density at radius 1 is 1.00 bits per heavy atom. The van der Waals surface area contributed by atoms with E-state index in [0.29, 0.717) is 12.1 Å². The lowest BCUT2D eigenvalue weighted by Gasteiger charge is -2.07. The number of aromatic nitrogens is 2. The van der Waals surface area contributed by atoms with Gasteiger partial charge in [-0.2, -0.15) is 5.10 Å². The Bertz CT molecular complexity index is 907. The highest BCUT2D eigenvalue weighted by Crippen LogP contribution is 2.20. The lowest BCUT2D eigenvalue weighted by molar-refractivity contribution is -0.121. The molecular weight excluding hydrogens is 347 g/mol. The highest BCUT2D eigenvalue weighted by molar-refractivity contribution is 5.94. The van der Waals surface area contributed by atoms with Gasteiger partial charge in [0.15, 0.2) is 0 Å². The van der Waals surface area contributed by atoms with E-state index in [2.05, 4.69) is 20.8 Å². The summed E-state index contributed by atoms with van der Waals surface area (Å²) in [6.45, 7) is 0.532. The van der Waals surface area contributed by atoms with Gasteiger partial charge < -0.3 is 10.6 Å². The van der Waals surface area contributed by atoms with Gasteiger partial charge in [-0.1, -0.05) is 30.3 Å². The van der Waals surface area contributed by atoms with Gasteiger partial charge in [0.25, 0.3) is 5.91 Å². The SMILES string of the molecule is O=C(CCNC(=O)c1ccc(F)cc1)NCc1cn[nH]c1-c1ccccc1. The van der Waals surface area contributed by atoms with Crippen molar-refractivity contribution in [3.63, 3.8) is 0 Å². The molecule has 0 fully saturated rings. The number of nitrogens with zero attached hydrogens (tertiary/aromatic N) is 1. The molecule has 3 N–H and O–H groups in total. The molecule has 0 spiro atoms. The number of H-pyrrole nitrogens is 1. The summed E-state index contributed by atoms with van der Waals surface area (Å²) < 4.78 is 12.9. The van der Waals surface area contributed by atoms with E-state index in [1.165, 1.54) is 24.3 Å². The van der Waals surface area contributed by atoms with E-state index in [4.69, 9.17) is 0 Å². The molecule has 7 heteroatoms. The van der Waals surface area contributed by atoms with Crippen LogP contribution < -0.4 is 10.6 Å². The molecule has 0 atom stereocenters. The van der Waals surface area contributed by atoms with Crippen molar-refractivity contribution < 1.29 is 14.0 Å². The molecule has 2 amide bonds. The number of aromatic amines is 1. The molecule has 0 saturated carbocycles. The molecule has 6 nitrogen and oxygen atoms in total. The molecule has 0 unspecified atom stereocenters. The molecule has 3 rings (SSSR count). The van der Waals surface area contributed by atoms with Crippen molar-refractivity contribution in [2.24, 2.45) is 0 Å². The molecule has 0 aliphatic rings. The number of benzene rings is 2. The second kappa shape index (κ2) is 8.75. The van der Waals surface area contributed by atoms with Gasteiger partial charge in [0.1, 0.15) is 5.82 Å². The Balaban J connectivity index is 1.45. The average Bonchev–Trinajstić information content (AvgIpc) is 3.16. The van der Waals surface area contributed by atoms with Crippen LogP contribution in [0.25, 0.3) is 11.3 Å². The first-order valence-corrected chi connectivity index (χ1v) is 8.51. The van der Waals surface area contributed by atoms with Gasteiger partial charge >= 0.3 is 0 Å². The Morgan fingerprint density at radius 3 is 2.48 bits per heavy atom. The largest absolute Gasteiger partial charge is 0.352 e. The van der Waals surface area contributed by atoms with Crippen LogP contribution in [0.4, 0.5) is 4.39 Å². The van der Waals surface area contributed by atoms with E-state index in [9.17, 15) is 14.0 Å². The van der Waals surface area contributed by atoms with Crippen molar-refractivity contribution >= 4 is 11.8 Å². The number of hydrogen-bond donors (Lipinski definition) is 3. The molecule has 2 aromatic carbocycles. The predicted octanol–water partition coefficient (Wildman–Crippen LogP) is 2.65. The lowest BCUT2D eigenvalue weighted by atomic mass is 10.1. The molecule has 1 aromatic heterocycles. The van der Waals surface area contributed by atoms with Crippen LogP contribution in [-0.2, 0) is 11.3 Å². The summed E-state index contributed by atoms with van der Waals surface area (Å²) in [5.41, 5.74) is 3.08. The van der Waals surface area contributed by atoms with Crippen LogP contribution in [0.5, 0.6) is 0 Å². The summed E-state index contributed by atoms with van der Waals surface area (Å²) in [7, 11) is 0. The number of halogens is 1. The van der Waals surface area contributed by atoms with E-state index in [1.807, 2.05) is 30.3 Å². The van der Waals surface area contributed by atoms with Crippen LogP contribution in [0.15, 0.2) is 60.8 Å². The first-order valence-electron chi connectivity index (χ1n) is 8.51. The Labute approximate surface area is 155 Å². The first-order chi connectivity index (χ1) is 13.1. The van der Waals surface area contributed by atoms with Gasteiger partial charge in [0, 0.05) is 30.6 Å². The summed E-state index contributed by atoms with van der Waals surface area (Å²) in [4.78, 5) is 23.9. The summed E-state index contributed by atoms with van der Waals surface area (Å²) in [6.07, 6.45) is 1.82. The van der Waals surface area contributed by atoms with Gasteiger partial charge in [-0.15, -0.1) is 0 Å². The van der Waals surface area contributed by atoms with E-state index >= 15 is 0 Å². The second-order valence-corrected chi connectivity index (χ2v) is 5.93. The maximum atomic E-state index is 12.9. The third-order valence-electron chi connectivity index (χ3n) is 4.00. The number of carbonyl (C=O) groups is 2. The van der Waals surface area contributed by atoms with Crippen molar-refractivity contribution in [3.8, 4) is 11.3 Å². The molecule has 0 aliphatic heterocycles. The van der Waals surface area contributed by atoms with E-state index in [1.54, 1.807) is 6.20 Å². The minimum absolute atomic E-state index is 0.144. The zero-order valence-corrected chi connectivity index (χ0v) is 14.5. The topological polar surface area (TPSA) is 86.9 Å². The molecule has 3 aromatic rings. The van der Waals surface area contributed by atoms with Gasteiger partial charge in [-0.3, -0.25) is 14.7 Å². The number of rotatable bonds is 7. The molecule has 0 radical (unpaired) electrons. The van der Waals surface area contributed by atoms with Crippen molar-refractivity contribution in [1.82, 2.24) is 20.8 Å². The third-order valence-corrected chi connectivity index (χ3v) is 4.00. The minimum Gasteiger partial charge on any atom is -0.352 e. The second-order valence-electron chi connectivity index (χ2n) is 5.93. The maximum Gasteiger partial charge on any atom is 0.251 e. The van der Waals surface area contributed by atoms with E-state index in [0.717, 1.165) is 16.8 Å². The Kier molecular flexibility index (Phi) is 5.94. The molecule has 138 valence electrons.